The molecule has 9 heavy (non-hydrogen) atoms. The van der Waals surface area contributed by atoms with Crippen LogP contribution < -0.4 is 0 Å². The molecule has 1 aliphatic rings. The summed E-state index contributed by atoms with van der Waals surface area (Å²) in [4.78, 5) is 2.31. The molecule has 0 aromatic rings. The molecule has 0 amide bonds. The van der Waals surface area contributed by atoms with E-state index in [1.165, 1.54) is 6.42 Å². The molecule has 54 valence electrons. The summed E-state index contributed by atoms with van der Waals surface area (Å²) in [7, 11) is 0. The zero-order valence-corrected chi connectivity index (χ0v) is 6.01. The lowest BCUT2D eigenvalue weighted by atomic mass is 10.3. The summed E-state index contributed by atoms with van der Waals surface area (Å²) in [5.74, 6) is 0. The van der Waals surface area contributed by atoms with E-state index >= 15 is 0 Å². The minimum absolute atomic E-state index is 0.0449. The molecule has 2 heteroatoms. The number of rotatable bonds is 2. The predicted octanol–water partition coefficient (Wildman–Crippen LogP) is 0.463. The molecule has 0 aromatic heterocycles. The third-order valence-electron chi connectivity index (χ3n) is 1.79. The van der Waals surface area contributed by atoms with Gasteiger partial charge in [-0.05, 0) is 19.4 Å². The number of hydrogen-bond donors (Lipinski definition) is 1. The first kappa shape index (κ1) is 7.03. The van der Waals surface area contributed by atoms with Gasteiger partial charge >= 0.3 is 0 Å². The van der Waals surface area contributed by atoms with Crippen molar-refractivity contribution in [2.45, 2.75) is 25.9 Å². The molecule has 0 aromatic carbocycles. The highest BCUT2D eigenvalue weighted by Crippen LogP contribution is 2.07. The Morgan fingerprint density at radius 1 is 1.67 bits per heavy atom. The second kappa shape index (κ2) is 3.18. The maximum atomic E-state index is 9.08. The van der Waals surface area contributed by atoms with E-state index in [4.69, 9.17) is 5.11 Å². The highest BCUT2D eigenvalue weighted by atomic mass is 16.3. The third-order valence-corrected chi connectivity index (χ3v) is 1.79. The summed E-state index contributed by atoms with van der Waals surface area (Å²) >= 11 is 0. The normalized spacial score (nSPS) is 29.3. The molecule has 1 saturated heterocycles. The average molecular weight is 129 g/mol. The van der Waals surface area contributed by atoms with Gasteiger partial charge in [-0.3, -0.25) is 0 Å². The number of nitrogens with zero attached hydrogens (tertiary/aromatic N) is 1. The maximum Gasteiger partial charge on any atom is 0.0679 e. The molecule has 2 nitrogen and oxygen atoms in total. The van der Waals surface area contributed by atoms with Crippen LogP contribution in [0.5, 0.6) is 0 Å². The van der Waals surface area contributed by atoms with E-state index < -0.39 is 0 Å². The van der Waals surface area contributed by atoms with Gasteiger partial charge in [-0.25, -0.2) is 0 Å². The zero-order valence-electron chi connectivity index (χ0n) is 6.01. The van der Waals surface area contributed by atoms with Crippen LogP contribution in [0.2, 0.25) is 0 Å². The van der Waals surface area contributed by atoms with Gasteiger partial charge < -0.3 is 10.0 Å². The van der Waals surface area contributed by atoms with Gasteiger partial charge in [-0.2, -0.15) is 0 Å². The van der Waals surface area contributed by atoms with Crippen LogP contribution in [-0.4, -0.2) is 35.7 Å². The van der Waals surface area contributed by atoms with Gasteiger partial charge in [0.2, 0.25) is 0 Å². The average Bonchev–Trinajstić information content (AvgIpc) is 2.17. The van der Waals surface area contributed by atoms with E-state index in [-0.39, 0.29) is 6.10 Å². The van der Waals surface area contributed by atoms with Crippen molar-refractivity contribution >= 4 is 0 Å². The molecule has 0 spiro atoms. The maximum absolute atomic E-state index is 9.08. The van der Waals surface area contributed by atoms with Crippen LogP contribution in [0.1, 0.15) is 19.8 Å². The van der Waals surface area contributed by atoms with Gasteiger partial charge in [-0.15, -0.1) is 0 Å². The largest absolute Gasteiger partial charge is 0.392 e. The molecular formula is C7H15NO. The summed E-state index contributed by atoms with van der Waals surface area (Å²) in [6, 6.07) is 0. The van der Waals surface area contributed by atoms with Crippen LogP contribution in [0.25, 0.3) is 0 Å². The number of aliphatic hydroxyl groups is 1. The van der Waals surface area contributed by atoms with E-state index in [2.05, 4.69) is 11.8 Å². The second-order valence-electron chi connectivity index (χ2n) is 2.74. The first-order valence-electron chi connectivity index (χ1n) is 3.73. The Labute approximate surface area is 56.5 Å². The van der Waals surface area contributed by atoms with Crippen molar-refractivity contribution in [3.8, 4) is 0 Å². The predicted molar refractivity (Wildman–Crippen MR) is 37.4 cm³/mol. The van der Waals surface area contributed by atoms with Crippen molar-refractivity contribution in [3.05, 3.63) is 0 Å². The number of likely N-dealkylation sites (tertiary alicyclic amines) is 1. The van der Waals surface area contributed by atoms with Crippen LogP contribution in [0.15, 0.2) is 0 Å². The van der Waals surface area contributed by atoms with Crippen LogP contribution in [0, 0.1) is 0 Å². The number of aliphatic hydroxyl groups excluding tert-OH is 1. The van der Waals surface area contributed by atoms with E-state index in [9.17, 15) is 0 Å². The van der Waals surface area contributed by atoms with Crippen LogP contribution >= 0.6 is 0 Å². The molecule has 0 saturated carbocycles. The van der Waals surface area contributed by atoms with Crippen molar-refractivity contribution < 1.29 is 5.11 Å². The SMILES string of the molecule is CCCN1CC[C@@H](O)C1. The van der Waals surface area contributed by atoms with Crippen LogP contribution in [0.4, 0.5) is 0 Å². The highest BCUT2D eigenvalue weighted by Gasteiger charge is 2.18. The van der Waals surface area contributed by atoms with Gasteiger partial charge in [0.15, 0.2) is 0 Å². The van der Waals surface area contributed by atoms with Crippen LogP contribution in [-0.2, 0) is 0 Å². The van der Waals surface area contributed by atoms with Gasteiger partial charge in [0.1, 0.15) is 0 Å². The Bertz CT molecular complexity index is 83.0. The molecule has 0 unspecified atom stereocenters. The van der Waals surface area contributed by atoms with E-state index in [1.54, 1.807) is 0 Å². The molecule has 1 heterocycles. The Balaban J connectivity index is 2.14. The smallest absolute Gasteiger partial charge is 0.0679 e. The molecule has 0 aliphatic carbocycles. The lowest BCUT2D eigenvalue weighted by Crippen LogP contribution is -2.22. The van der Waals surface area contributed by atoms with Crippen molar-refractivity contribution in [2.75, 3.05) is 19.6 Å². The van der Waals surface area contributed by atoms with Crippen molar-refractivity contribution in [3.63, 3.8) is 0 Å². The molecule has 1 fully saturated rings. The first-order valence-corrected chi connectivity index (χ1v) is 3.73. The molecule has 1 aliphatic heterocycles. The summed E-state index contributed by atoms with van der Waals surface area (Å²) in [5.41, 5.74) is 0. The Kier molecular flexibility index (Phi) is 2.49. The number of hydrogen-bond acceptors (Lipinski definition) is 2. The van der Waals surface area contributed by atoms with Gasteiger partial charge in [0, 0.05) is 13.1 Å². The fraction of sp³-hybridized carbons (Fsp3) is 1.00. The summed E-state index contributed by atoms with van der Waals surface area (Å²) in [5, 5.41) is 9.08. The lowest BCUT2D eigenvalue weighted by Gasteiger charge is -2.11. The minimum atomic E-state index is -0.0449. The molecule has 1 N–H and O–H groups in total. The molecule has 0 bridgehead atoms. The summed E-state index contributed by atoms with van der Waals surface area (Å²) in [6.45, 7) is 5.31. The molecule has 1 atom stereocenters. The van der Waals surface area contributed by atoms with Crippen molar-refractivity contribution in [1.29, 1.82) is 0 Å². The van der Waals surface area contributed by atoms with Gasteiger partial charge in [-0.1, -0.05) is 6.92 Å². The first-order chi connectivity index (χ1) is 4.33. The van der Waals surface area contributed by atoms with Gasteiger partial charge in [0.05, 0.1) is 6.10 Å². The Morgan fingerprint density at radius 2 is 2.44 bits per heavy atom. The fourth-order valence-electron chi connectivity index (χ4n) is 1.33. The van der Waals surface area contributed by atoms with Crippen molar-refractivity contribution in [1.82, 2.24) is 4.90 Å². The third kappa shape index (κ3) is 1.95. The second-order valence-corrected chi connectivity index (χ2v) is 2.74. The van der Waals surface area contributed by atoms with E-state index in [1.807, 2.05) is 0 Å². The minimum Gasteiger partial charge on any atom is -0.392 e. The highest BCUT2D eigenvalue weighted by molar-refractivity contribution is 4.73. The monoisotopic (exact) mass is 129 g/mol. The van der Waals surface area contributed by atoms with E-state index in [0.29, 0.717) is 0 Å². The summed E-state index contributed by atoms with van der Waals surface area (Å²) in [6.07, 6.45) is 2.13. The quantitative estimate of drug-likeness (QED) is 0.585. The molecular weight excluding hydrogens is 114 g/mol. The molecule has 0 radical (unpaired) electrons. The zero-order chi connectivity index (χ0) is 6.69. The number of β-amino-alcohol motifs (C(OH)–C–C–N with tert-alkyl or cyclic N) is 1. The standard InChI is InChI=1S/C7H15NO/c1-2-4-8-5-3-7(9)6-8/h7,9H,2-6H2,1H3/t7-/m1/s1. The van der Waals surface area contributed by atoms with Crippen molar-refractivity contribution in [2.24, 2.45) is 0 Å². The topological polar surface area (TPSA) is 23.5 Å². The fourth-order valence-corrected chi connectivity index (χ4v) is 1.33. The Morgan fingerprint density at radius 3 is 2.89 bits per heavy atom. The van der Waals surface area contributed by atoms with Crippen LogP contribution in [0.3, 0.4) is 0 Å². The van der Waals surface area contributed by atoms with E-state index in [0.717, 1.165) is 26.1 Å². The Hall–Kier alpha value is -0.0800. The molecule has 1 rings (SSSR count). The van der Waals surface area contributed by atoms with Gasteiger partial charge in [0.25, 0.3) is 0 Å². The summed E-state index contributed by atoms with van der Waals surface area (Å²) < 4.78 is 0. The lowest BCUT2D eigenvalue weighted by molar-refractivity contribution is 0.176.